The Morgan fingerprint density at radius 3 is 2.66 bits per heavy atom. The standard InChI is InChI=1S/C24H27F2NO4S/c1-16(14-17-6-3-2-4-7-17)20(28)11-9-18-15-24(25,26)23(31)27(18)13-5-8-19-10-12-21(32-19)22(29)30/h2-4,6-7,9-12,16,18,20,28H,5,8,13-15H2,1H3,(H,29,30)/b11-9+. The van der Waals surface area contributed by atoms with Gasteiger partial charge in [-0.2, -0.15) is 8.78 Å². The van der Waals surface area contributed by atoms with E-state index in [2.05, 4.69) is 0 Å². The monoisotopic (exact) mass is 463 g/mol. The average Bonchev–Trinajstić information content (AvgIpc) is 3.31. The lowest BCUT2D eigenvalue weighted by molar-refractivity contribution is -0.148. The number of nitrogens with zero attached hydrogens (tertiary/aromatic N) is 1. The van der Waals surface area contributed by atoms with E-state index < -0.39 is 36.4 Å². The lowest BCUT2D eigenvalue weighted by Gasteiger charge is -2.22. The molecule has 1 aliphatic rings. The summed E-state index contributed by atoms with van der Waals surface area (Å²) >= 11 is 1.14. The number of alkyl halides is 2. The van der Waals surface area contributed by atoms with Gasteiger partial charge in [-0.3, -0.25) is 4.79 Å². The molecule has 3 rings (SSSR count). The maximum Gasteiger partial charge on any atom is 0.345 e. The molecule has 1 fully saturated rings. The summed E-state index contributed by atoms with van der Waals surface area (Å²) in [5, 5.41) is 19.5. The lowest BCUT2D eigenvalue weighted by atomic mass is 9.95. The van der Waals surface area contributed by atoms with E-state index in [9.17, 15) is 23.5 Å². The summed E-state index contributed by atoms with van der Waals surface area (Å²) in [5.74, 6) is -5.73. The predicted octanol–water partition coefficient (Wildman–Crippen LogP) is 4.41. The number of aromatic carboxylic acids is 1. The van der Waals surface area contributed by atoms with Crippen molar-refractivity contribution in [2.45, 2.75) is 50.7 Å². The molecule has 1 amide bonds. The number of carbonyl (C=O) groups is 2. The fourth-order valence-corrected chi connectivity index (χ4v) is 4.74. The molecule has 5 nitrogen and oxygen atoms in total. The Labute approximate surface area is 190 Å². The number of hydrogen-bond acceptors (Lipinski definition) is 4. The number of likely N-dealkylation sites (tertiary alicyclic amines) is 1. The van der Waals surface area contributed by atoms with Gasteiger partial charge >= 0.3 is 11.9 Å². The number of carbonyl (C=O) groups excluding carboxylic acids is 1. The van der Waals surface area contributed by atoms with Crippen molar-refractivity contribution >= 4 is 23.2 Å². The second-order valence-electron chi connectivity index (χ2n) is 8.19. The van der Waals surface area contributed by atoms with E-state index in [1.807, 2.05) is 37.3 Å². The number of thiophene rings is 1. The van der Waals surface area contributed by atoms with Crippen LogP contribution in [0, 0.1) is 5.92 Å². The Balaban J connectivity index is 1.59. The molecule has 1 aliphatic heterocycles. The molecule has 2 N–H and O–H groups in total. The molecular formula is C24H27F2NO4S. The van der Waals surface area contributed by atoms with E-state index in [-0.39, 0.29) is 17.3 Å². The SMILES string of the molecule is CC(Cc1ccccc1)C(O)/C=C/C1CC(F)(F)C(=O)N1CCCc1ccc(C(=O)O)s1. The van der Waals surface area contributed by atoms with Gasteiger partial charge in [-0.05, 0) is 42.9 Å². The number of aliphatic hydroxyl groups is 1. The van der Waals surface area contributed by atoms with Crippen molar-refractivity contribution in [3.05, 3.63) is 69.9 Å². The molecule has 1 aromatic carbocycles. The Kier molecular flexibility index (Phi) is 7.79. The summed E-state index contributed by atoms with van der Waals surface area (Å²) in [6.07, 6.45) is 3.19. The molecule has 2 heterocycles. The maximum atomic E-state index is 14.1. The second kappa shape index (κ2) is 10.4. The van der Waals surface area contributed by atoms with Gasteiger partial charge in [0.25, 0.3) is 5.91 Å². The van der Waals surface area contributed by atoms with Crippen LogP contribution in [-0.2, 0) is 17.6 Å². The van der Waals surface area contributed by atoms with Gasteiger partial charge in [-0.15, -0.1) is 11.3 Å². The van der Waals surface area contributed by atoms with Crippen molar-refractivity contribution in [2.75, 3.05) is 6.54 Å². The third-order valence-electron chi connectivity index (χ3n) is 5.65. The van der Waals surface area contributed by atoms with Crippen molar-refractivity contribution in [1.82, 2.24) is 4.90 Å². The zero-order valence-corrected chi connectivity index (χ0v) is 18.6. The van der Waals surface area contributed by atoms with Gasteiger partial charge < -0.3 is 15.1 Å². The number of aryl methyl sites for hydroxylation is 1. The van der Waals surface area contributed by atoms with Gasteiger partial charge in [0.15, 0.2) is 0 Å². The molecule has 3 unspecified atom stereocenters. The smallest absolute Gasteiger partial charge is 0.345 e. The predicted molar refractivity (Wildman–Crippen MR) is 119 cm³/mol. The van der Waals surface area contributed by atoms with Crippen LogP contribution in [0.5, 0.6) is 0 Å². The van der Waals surface area contributed by atoms with Crippen molar-refractivity contribution in [1.29, 1.82) is 0 Å². The lowest BCUT2D eigenvalue weighted by Crippen LogP contribution is -2.37. The first kappa shape index (κ1) is 24.1. The number of amides is 1. The molecule has 32 heavy (non-hydrogen) atoms. The molecule has 1 saturated heterocycles. The van der Waals surface area contributed by atoms with Gasteiger partial charge in [0.2, 0.25) is 0 Å². The largest absolute Gasteiger partial charge is 0.477 e. The number of aliphatic hydroxyl groups excluding tert-OH is 1. The van der Waals surface area contributed by atoms with Crippen molar-refractivity contribution in [2.24, 2.45) is 5.92 Å². The van der Waals surface area contributed by atoms with Gasteiger partial charge in [-0.1, -0.05) is 49.4 Å². The number of carboxylic acids is 1. The third-order valence-corrected chi connectivity index (χ3v) is 6.78. The molecule has 2 aromatic rings. The highest BCUT2D eigenvalue weighted by Gasteiger charge is 2.52. The summed E-state index contributed by atoms with van der Waals surface area (Å²) in [5.41, 5.74) is 1.08. The Hall–Kier alpha value is -2.58. The zero-order chi connectivity index (χ0) is 23.3. The van der Waals surface area contributed by atoms with Crippen molar-refractivity contribution in [3.8, 4) is 0 Å². The molecule has 1 aromatic heterocycles. The summed E-state index contributed by atoms with van der Waals surface area (Å²) in [4.78, 5) is 25.4. The van der Waals surface area contributed by atoms with E-state index in [1.54, 1.807) is 6.07 Å². The first-order valence-electron chi connectivity index (χ1n) is 10.6. The molecule has 172 valence electrons. The zero-order valence-electron chi connectivity index (χ0n) is 17.8. The number of halogens is 2. The van der Waals surface area contributed by atoms with Crippen LogP contribution in [0.3, 0.4) is 0 Å². The highest BCUT2D eigenvalue weighted by molar-refractivity contribution is 7.13. The van der Waals surface area contributed by atoms with Crippen molar-refractivity contribution in [3.63, 3.8) is 0 Å². The minimum absolute atomic E-state index is 0.109. The van der Waals surface area contributed by atoms with E-state index >= 15 is 0 Å². The van der Waals surface area contributed by atoms with Crippen molar-refractivity contribution < 1.29 is 28.6 Å². The Morgan fingerprint density at radius 1 is 1.28 bits per heavy atom. The first-order valence-corrected chi connectivity index (χ1v) is 11.4. The van der Waals surface area contributed by atoms with E-state index in [0.717, 1.165) is 26.7 Å². The molecule has 0 radical (unpaired) electrons. The van der Waals surface area contributed by atoms with Crippen LogP contribution < -0.4 is 0 Å². The molecule has 3 atom stereocenters. The Morgan fingerprint density at radius 2 is 2.00 bits per heavy atom. The number of benzene rings is 1. The van der Waals surface area contributed by atoms with Crippen LogP contribution in [0.1, 0.15) is 39.9 Å². The summed E-state index contributed by atoms with van der Waals surface area (Å²) in [7, 11) is 0. The van der Waals surface area contributed by atoms with E-state index in [4.69, 9.17) is 5.11 Å². The number of rotatable bonds is 10. The average molecular weight is 464 g/mol. The second-order valence-corrected chi connectivity index (χ2v) is 9.36. The van der Waals surface area contributed by atoms with Crippen LogP contribution in [0.4, 0.5) is 8.78 Å². The van der Waals surface area contributed by atoms with Crippen LogP contribution >= 0.6 is 11.3 Å². The first-order chi connectivity index (χ1) is 15.2. The van der Waals surface area contributed by atoms with Crippen LogP contribution in [-0.4, -0.2) is 51.6 Å². The van der Waals surface area contributed by atoms with Gasteiger partial charge in [-0.25, -0.2) is 4.79 Å². The van der Waals surface area contributed by atoms with Crippen LogP contribution in [0.2, 0.25) is 0 Å². The number of hydrogen-bond donors (Lipinski definition) is 2. The normalized spacial score (nSPS) is 20.1. The summed E-state index contributed by atoms with van der Waals surface area (Å²) in [6.45, 7) is 2.03. The van der Waals surface area contributed by atoms with Gasteiger partial charge in [0, 0.05) is 17.8 Å². The van der Waals surface area contributed by atoms with Gasteiger partial charge in [0.05, 0.1) is 12.1 Å². The topological polar surface area (TPSA) is 77.8 Å². The highest BCUT2D eigenvalue weighted by atomic mass is 32.1. The maximum absolute atomic E-state index is 14.1. The third kappa shape index (κ3) is 6.01. The fourth-order valence-electron chi connectivity index (χ4n) is 3.85. The van der Waals surface area contributed by atoms with Gasteiger partial charge in [0.1, 0.15) is 4.88 Å². The minimum Gasteiger partial charge on any atom is -0.477 e. The van der Waals surface area contributed by atoms with Crippen LogP contribution in [0.15, 0.2) is 54.6 Å². The van der Waals surface area contributed by atoms with E-state index in [1.165, 1.54) is 18.2 Å². The minimum atomic E-state index is -3.42. The molecule has 0 spiro atoms. The summed E-state index contributed by atoms with van der Waals surface area (Å²) in [6, 6.07) is 12.1. The Bertz CT molecular complexity index is 960. The molecular weight excluding hydrogens is 436 g/mol. The fraction of sp³-hybridized carbons (Fsp3) is 0.417. The molecule has 8 heteroatoms. The van der Waals surface area contributed by atoms with E-state index in [0.29, 0.717) is 19.3 Å². The quantitative estimate of drug-likeness (QED) is 0.512. The highest BCUT2D eigenvalue weighted by Crippen LogP contribution is 2.34. The molecule has 0 bridgehead atoms. The summed E-state index contributed by atoms with van der Waals surface area (Å²) < 4.78 is 28.2. The number of carboxylic acid groups (broad SMARTS) is 1. The molecule has 0 aliphatic carbocycles. The molecule has 0 saturated carbocycles. The van der Waals surface area contributed by atoms with Crippen LogP contribution in [0.25, 0.3) is 0 Å².